The Kier molecular flexibility index (Phi) is 3.90. The molecule has 1 heterocycles. The largest absolute Gasteiger partial charge is 0.481 e. The van der Waals surface area contributed by atoms with E-state index in [0.717, 1.165) is 16.8 Å². The van der Waals surface area contributed by atoms with Crippen LogP contribution in [0.15, 0.2) is 36.7 Å². The van der Waals surface area contributed by atoms with Gasteiger partial charge in [0.2, 0.25) is 0 Å². The lowest BCUT2D eigenvalue weighted by atomic mass is 9.95. The van der Waals surface area contributed by atoms with Crippen LogP contribution in [-0.4, -0.2) is 21.0 Å². The number of carboxylic acid groups (broad SMARTS) is 1. The highest BCUT2D eigenvalue weighted by atomic mass is 16.4. The van der Waals surface area contributed by atoms with Crippen LogP contribution in [-0.2, 0) is 11.2 Å². The third kappa shape index (κ3) is 3.37. The minimum absolute atomic E-state index is 0.437. The summed E-state index contributed by atoms with van der Waals surface area (Å²) in [5.41, 5.74) is 3.49. The van der Waals surface area contributed by atoms with Gasteiger partial charge in [-0.15, -0.1) is 0 Å². The van der Waals surface area contributed by atoms with Crippen LogP contribution in [0, 0.1) is 13.8 Å². The average molecular weight is 256 g/mol. The molecule has 2 aromatic rings. The van der Waals surface area contributed by atoms with E-state index in [0.29, 0.717) is 12.1 Å². The summed E-state index contributed by atoms with van der Waals surface area (Å²) in [4.78, 5) is 19.5. The molecule has 19 heavy (non-hydrogen) atoms. The average Bonchev–Trinajstić information content (AvgIpc) is 2.37. The minimum Gasteiger partial charge on any atom is -0.481 e. The molecule has 0 bridgehead atoms. The third-order valence-electron chi connectivity index (χ3n) is 3.04. The maximum absolute atomic E-state index is 11.4. The molecule has 0 aliphatic carbocycles. The zero-order chi connectivity index (χ0) is 13.8. The fraction of sp³-hybridized carbons (Fsp3) is 0.267. The summed E-state index contributed by atoms with van der Waals surface area (Å²) in [6, 6.07) is 9.62. The van der Waals surface area contributed by atoms with Crippen molar-refractivity contribution in [2.45, 2.75) is 26.2 Å². The minimum atomic E-state index is -0.862. The second kappa shape index (κ2) is 5.61. The summed E-state index contributed by atoms with van der Waals surface area (Å²) < 4.78 is 0. The predicted octanol–water partition coefficient (Wildman–Crippen LogP) is 2.50. The number of aryl methyl sites for hydroxylation is 2. The van der Waals surface area contributed by atoms with Crippen LogP contribution < -0.4 is 0 Å². The van der Waals surface area contributed by atoms with Crippen LogP contribution in [0.5, 0.6) is 0 Å². The van der Waals surface area contributed by atoms with E-state index in [9.17, 15) is 9.90 Å². The SMILES string of the molecule is Cc1ccc(CC(C(=O)O)c2cc(C)ncn2)cc1. The normalized spacial score (nSPS) is 12.1. The highest BCUT2D eigenvalue weighted by Crippen LogP contribution is 2.20. The first-order valence-electron chi connectivity index (χ1n) is 6.13. The number of hydrogen-bond acceptors (Lipinski definition) is 3. The molecule has 1 aromatic carbocycles. The molecule has 0 radical (unpaired) electrons. The highest BCUT2D eigenvalue weighted by Gasteiger charge is 2.22. The lowest BCUT2D eigenvalue weighted by Gasteiger charge is -2.12. The lowest BCUT2D eigenvalue weighted by Crippen LogP contribution is -2.16. The number of hydrogen-bond donors (Lipinski definition) is 1. The van der Waals surface area contributed by atoms with Gasteiger partial charge in [-0.05, 0) is 31.9 Å². The highest BCUT2D eigenvalue weighted by molar-refractivity contribution is 5.75. The fourth-order valence-electron chi connectivity index (χ4n) is 1.94. The standard InChI is InChI=1S/C15H16N2O2/c1-10-3-5-12(6-4-10)8-13(15(18)19)14-7-11(2)16-9-17-14/h3-7,9,13H,8H2,1-2H3,(H,18,19). The number of aromatic nitrogens is 2. The molecule has 1 unspecified atom stereocenters. The molecule has 1 atom stereocenters. The predicted molar refractivity (Wildman–Crippen MR) is 72.0 cm³/mol. The van der Waals surface area contributed by atoms with Crippen LogP contribution in [0.25, 0.3) is 0 Å². The van der Waals surface area contributed by atoms with Crippen LogP contribution >= 0.6 is 0 Å². The van der Waals surface area contributed by atoms with E-state index >= 15 is 0 Å². The van der Waals surface area contributed by atoms with Crippen LogP contribution in [0.2, 0.25) is 0 Å². The van der Waals surface area contributed by atoms with Gasteiger partial charge in [0, 0.05) is 5.69 Å². The van der Waals surface area contributed by atoms with Gasteiger partial charge in [-0.1, -0.05) is 29.8 Å². The molecule has 0 amide bonds. The van der Waals surface area contributed by atoms with Crippen LogP contribution in [0.3, 0.4) is 0 Å². The molecule has 1 N–H and O–H groups in total. The van der Waals surface area contributed by atoms with E-state index < -0.39 is 11.9 Å². The van der Waals surface area contributed by atoms with Gasteiger partial charge in [0.15, 0.2) is 0 Å². The van der Waals surface area contributed by atoms with Gasteiger partial charge < -0.3 is 5.11 Å². The van der Waals surface area contributed by atoms with Gasteiger partial charge in [-0.25, -0.2) is 9.97 Å². The van der Waals surface area contributed by atoms with Gasteiger partial charge in [0.25, 0.3) is 0 Å². The molecule has 0 fully saturated rings. The van der Waals surface area contributed by atoms with E-state index in [-0.39, 0.29) is 0 Å². The molecule has 1 aromatic heterocycles. The Morgan fingerprint density at radius 2 is 1.89 bits per heavy atom. The van der Waals surface area contributed by atoms with E-state index in [2.05, 4.69) is 9.97 Å². The first kappa shape index (κ1) is 13.2. The Balaban J connectivity index is 2.26. The number of benzene rings is 1. The number of aliphatic carboxylic acids is 1. The van der Waals surface area contributed by atoms with E-state index in [1.807, 2.05) is 38.1 Å². The molecular formula is C15H16N2O2. The van der Waals surface area contributed by atoms with Crippen molar-refractivity contribution in [3.05, 3.63) is 59.2 Å². The maximum atomic E-state index is 11.4. The smallest absolute Gasteiger partial charge is 0.312 e. The molecule has 0 saturated carbocycles. The second-order valence-electron chi connectivity index (χ2n) is 4.66. The Labute approximate surface area is 112 Å². The Morgan fingerprint density at radius 3 is 2.47 bits per heavy atom. The maximum Gasteiger partial charge on any atom is 0.312 e. The van der Waals surface area contributed by atoms with Crippen molar-refractivity contribution in [3.63, 3.8) is 0 Å². The van der Waals surface area contributed by atoms with Gasteiger partial charge in [0.1, 0.15) is 12.2 Å². The third-order valence-corrected chi connectivity index (χ3v) is 3.04. The molecule has 0 saturated heterocycles. The molecule has 0 aliphatic rings. The van der Waals surface area contributed by atoms with Crippen molar-refractivity contribution in [3.8, 4) is 0 Å². The van der Waals surface area contributed by atoms with E-state index in [1.54, 1.807) is 6.07 Å². The lowest BCUT2D eigenvalue weighted by molar-refractivity contribution is -0.138. The second-order valence-corrected chi connectivity index (χ2v) is 4.66. The first-order chi connectivity index (χ1) is 9.06. The molecule has 4 heteroatoms. The van der Waals surface area contributed by atoms with Gasteiger partial charge in [0.05, 0.1) is 5.69 Å². The van der Waals surface area contributed by atoms with Gasteiger partial charge >= 0.3 is 5.97 Å². The summed E-state index contributed by atoms with van der Waals surface area (Å²) in [5.74, 6) is -1.50. The molecule has 0 aliphatic heterocycles. The van der Waals surface area contributed by atoms with E-state index in [1.165, 1.54) is 6.33 Å². The molecule has 4 nitrogen and oxygen atoms in total. The summed E-state index contributed by atoms with van der Waals surface area (Å²) in [6.07, 6.45) is 1.85. The van der Waals surface area contributed by atoms with Gasteiger partial charge in [-0.3, -0.25) is 4.79 Å². The summed E-state index contributed by atoms with van der Waals surface area (Å²) >= 11 is 0. The van der Waals surface area contributed by atoms with Crippen molar-refractivity contribution >= 4 is 5.97 Å². The van der Waals surface area contributed by atoms with Crippen molar-refractivity contribution in [1.82, 2.24) is 9.97 Å². The first-order valence-corrected chi connectivity index (χ1v) is 6.13. The summed E-state index contributed by atoms with van der Waals surface area (Å²) in [7, 11) is 0. The molecule has 98 valence electrons. The van der Waals surface area contributed by atoms with Crippen LogP contribution in [0.1, 0.15) is 28.4 Å². The quantitative estimate of drug-likeness (QED) is 0.913. The summed E-state index contributed by atoms with van der Waals surface area (Å²) in [6.45, 7) is 3.84. The van der Waals surface area contributed by atoms with Crippen molar-refractivity contribution in [1.29, 1.82) is 0 Å². The molecule has 0 spiro atoms. The Bertz CT molecular complexity index is 579. The Hall–Kier alpha value is -2.23. The number of carboxylic acids is 1. The number of rotatable bonds is 4. The summed E-state index contributed by atoms with van der Waals surface area (Å²) in [5, 5.41) is 9.37. The fourth-order valence-corrected chi connectivity index (χ4v) is 1.94. The number of nitrogens with zero attached hydrogens (tertiary/aromatic N) is 2. The molecular weight excluding hydrogens is 240 g/mol. The Morgan fingerprint density at radius 1 is 1.21 bits per heavy atom. The van der Waals surface area contributed by atoms with Crippen molar-refractivity contribution < 1.29 is 9.90 Å². The number of carbonyl (C=O) groups is 1. The van der Waals surface area contributed by atoms with Crippen molar-refractivity contribution in [2.75, 3.05) is 0 Å². The van der Waals surface area contributed by atoms with Crippen LogP contribution in [0.4, 0.5) is 0 Å². The zero-order valence-electron chi connectivity index (χ0n) is 11.0. The zero-order valence-corrected chi connectivity index (χ0v) is 11.0. The topological polar surface area (TPSA) is 63.1 Å². The van der Waals surface area contributed by atoms with E-state index in [4.69, 9.17) is 0 Å². The van der Waals surface area contributed by atoms with Crippen molar-refractivity contribution in [2.24, 2.45) is 0 Å². The molecule has 2 rings (SSSR count). The van der Waals surface area contributed by atoms with Gasteiger partial charge in [-0.2, -0.15) is 0 Å². The monoisotopic (exact) mass is 256 g/mol.